The number of nitrogens with one attached hydrogen (secondary N) is 1. The molecule has 0 saturated carbocycles. The van der Waals surface area contributed by atoms with Gasteiger partial charge in [0.25, 0.3) is 0 Å². The van der Waals surface area contributed by atoms with Crippen molar-refractivity contribution in [2.45, 2.75) is 19.9 Å². The number of benzene rings is 1. The van der Waals surface area contributed by atoms with E-state index in [1.165, 1.54) is 5.56 Å². The van der Waals surface area contributed by atoms with Gasteiger partial charge in [0.1, 0.15) is 12.4 Å². The van der Waals surface area contributed by atoms with Crippen molar-refractivity contribution in [1.82, 2.24) is 5.32 Å². The van der Waals surface area contributed by atoms with E-state index in [1.807, 2.05) is 18.2 Å². The SMILES string of the molecule is CCNC(COC)COc1cccc(C)c1. The second-order valence-electron chi connectivity index (χ2n) is 3.84. The van der Waals surface area contributed by atoms with E-state index in [9.17, 15) is 0 Å². The van der Waals surface area contributed by atoms with Crippen molar-refractivity contribution < 1.29 is 9.47 Å². The van der Waals surface area contributed by atoms with Crippen molar-refractivity contribution >= 4 is 0 Å². The number of methoxy groups -OCH3 is 1. The van der Waals surface area contributed by atoms with E-state index in [0.29, 0.717) is 13.2 Å². The normalized spacial score (nSPS) is 12.4. The van der Waals surface area contributed by atoms with Gasteiger partial charge in [0.2, 0.25) is 0 Å². The summed E-state index contributed by atoms with van der Waals surface area (Å²) in [5.74, 6) is 0.916. The third kappa shape index (κ3) is 4.64. The Morgan fingerprint density at radius 3 is 2.75 bits per heavy atom. The largest absolute Gasteiger partial charge is 0.492 e. The lowest BCUT2D eigenvalue weighted by Gasteiger charge is -2.17. The lowest BCUT2D eigenvalue weighted by Crippen LogP contribution is -2.38. The summed E-state index contributed by atoms with van der Waals surface area (Å²) in [5, 5.41) is 3.32. The van der Waals surface area contributed by atoms with Gasteiger partial charge >= 0.3 is 0 Å². The second kappa shape index (κ2) is 7.25. The smallest absolute Gasteiger partial charge is 0.119 e. The van der Waals surface area contributed by atoms with Crippen LogP contribution in [0, 0.1) is 6.92 Å². The minimum Gasteiger partial charge on any atom is -0.492 e. The van der Waals surface area contributed by atoms with Crippen LogP contribution in [0.3, 0.4) is 0 Å². The van der Waals surface area contributed by atoms with Crippen molar-refractivity contribution in [3.8, 4) is 5.75 Å². The third-order valence-corrected chi connectivity index (χ3v) is 2.30. The molecule has 0 aliphatic rings. The third-order valence-electron chi connectivity index (χ3n) is 2.30. The summed E-state index contributed by atoms with van der Waals surface area (Å²) in [6.07, 6.45) is 0. The van der Waals surface area contributed by atoms with E-state index in [1.54, 1.807) is 7.11 Å². The molecule has 1 aromatic rings. The summed E-state index contributed by atoms with van der Waals surface area (Å²) in [6.45, 7) is 6.36. The number of likely N-dealkylation sites (N-methyl/N-ethyl adjacent to an activating group) is 1. The van der Waals surface area contributed by atoms with Crippen LogP contribution in [-0.4, -0.2) is 32.9 Å². The zero-order valence-corrected chi connectivity index (χ0v) is 10.3. The summed E-state index contributed by atoms with van der Waals surface area (Å²) in [6, 6.07) is 8.32. The van der Waals surface area contributed by atoms with Gasteiger partial charge in [-0.3, -0.25) is 0 Å². The number of hydrogen-bond donors (Lipinski definition) is 1. The molecule has 0 aromatic heterocycles. The van der Waals surface area contributed by atoms with Gasteiger partial charge in [0.15, 0.2) is 0 Å². The second-order valence-corrected chi connectivity index (χ2v) is 3.84. The molecule has 0 saturated heterocycles. The van der Waals surface area contributed by atoms with Crippen LogP contribution in [0.4, 0.5) is 0 Å². The molecule has 0 heterocycles. The number of ether oxygens (including phenoxy) is 2. The molecule has 0 fully saturated rings. The minimum atomic E-state index is 0.246. The zero-order valence-electron chi connectivity index (χ0n) is 10.3. The first-order valence-corrected chi connectivity index (χ1v) is 5.68. The highest BCUT2D eigenvalue weighted by Gasteiger charge is 2.07. The van der Waals surface area contributed by atoms with Gasteiger partial charge in [-0.15, -0.1) is 0 Å². The molecule has 0 spiro atoms. The van der Waals surface area contributed by atoms with Crippen LogP contribution in [0.15, 0.2) is 24.3 Å². The topological polar surface area (TPSA) is 30.5 Å². The first-order valence-electron chi connectivity index (χ1n) is 5.68. The molecule has 0 aliphatic heterocycles. The fourth-order valence-electron chi connectivity index (χ4n) is 1.56. The molecule has 1 N–H and O–H groups in total. The fourth-order valence-corrected chi connectivity index (χ4v) is 1.56. The van der Waals surface area contributed by atoms with Crippen molar-refractivity contribution in [3.05, 3.63) is 29.8 Å². The van der Waals surface area contributed by atoms with Crippen molar-refractivity contribution in [1.29, 1.82) is 0 Å². The Kier molecular flexibility index (Phi) is 5.90. The van der Waals surface area contributed by atoms with Gasteiger partial charge in [-0.1, -0.05) is 19.1 Å². The van der Waals surface area contributed by atoms with Gasteiger partial charge in [0.05, 0.1) is 12.6 Å². The lowest BCUT2D eigenvalue weighted by molar-refractivity contribution is 0.137. The molecule has 1 unspecified atom stereocenters. The van der Waals surface area contributed by atoms with Crippen molar-refractivity contribution in [2.75, 3.05) is 26.9 Å². The van der Waals surface area contributed by atoms with Gasteiger partial charge in [-0.25, -0.2) is 0 Å². The number of hydrogen-bond acceptors (Lipinski definition) is 3. The number of rotatable bonds is 7. The average Bonchev–Trinajstić information content (AvgIpc) is 2.27. The number of aryl methyl sites for hydroxylation is 1. The van der Waals surface area contributed by atoms with Crippen LogP contribution in [-0.2, 0) is 4.74 Å². The van der Waals surface area contributed by atoms with Crippen LogP contribution in [0.25, 0.3) is 0 Å². The molecule has 1 aromatic carbocycles. The molecule has 0 amide bonds. The molecule has 0 bridgehead atoms. The van der Waals surface area contributed by atoms with Crippen molar-refractivity contribution in [2.24, 2.45) is 0 Å². The molecular formula is C13H21NO2. The maximum absolute atomic E-state index is 5.71. The Labute approximate surface area is 97.8 Å². The highest BCUT2D eigenvalue weighted by atomic mass is 16.5. The highest BCUT2D eigenvalue weighted by Crippen LogP contribution is 2.12. The molecular weight excluding hydrogens is 202 g/mol. The van der Waals surface area contributed by atoms with Gasteiger partial charge in [-0.05, 0) is 31.2 Å². The summed E-state index contributed by atoms with van der Waals surface area (Å²) < 4.78 is 10.8. The molecule has 0 radical (unpaired) electrons. The maximum atomic E-state index is 5.71. The predicted octanol–water partition coefficient (Wildman–Crippen LogP) is 2.00. The molecule has 1 rings (SSSR count). The highest BCUT2D eigenvalue weighted by molar-refractivity contribution is 5.27. The van der Waals surface area contributed by atoms with Gasteiger partial charge in [0, 0.05) is 7.11 Å². The monoisotopic (exact) mass is 223 g/mol. The summed E-state index contributed by atoms with van der Waals surface area (Å²) in [4.78, 5) is 0. The maximum Gasteiger partial charge on any atom is 0.119 e. The quantitative estimate of drug-likeness (QED) is 0.767. The van der Waals surface area contributed by atoms with E-state index < -0.39 is 0 Å². The van der Waals surface area contributed by atoms with Crippen LogP contribution in [0.1, 0.15) is 12.5 Å². The first kappa shape index (κ1) is 13.0. The molecule has 90 valence electrons. The lowest BCUT2D eigenvalue weighted by atomic mass is 10.2. The van der Waals surface area contributed by atoms with Crippen molar-refractivity contribution in [3.63, 3.8) is 0 Å². The van der Waals surface area contributed by atoms with E-state index in [2.05, 4.69) is 25.2 Å². The van der Waals surface area contributed by atoms with Crippen LogP contribution in [0.2, 0.25) is 0 Å². The van der Waals surface area contributed by atoms with E-state index >= 15 is 0 Å². The molecule has 16 heavy (non-hydrogen) atoms. The standard InChI is InChI=1S/C13H21NO2/c1-4-14-12(9-15-3)10-16-13-7-5-6-11(2)8-13/h5-8,12,14H,4,9-10H2,1-3H3. The Morgan fingerprint density at radius 1 is 1.31 bits per heavy atom. The molecule has 3 nitrogen and oxygen atoms in total. The zero-order chi connectivity index (χ0) is 11.8. The van der Waals surface area contributed by atoms with Crippen LogP contribution >= 0.6 is 0 Å². The van der Waals surface area contributed by atoms with Crippen LogP contribution in [0.5, 0.6) is 5.75 Å². The Hall–Kier alpha value is -1.06. The molecule has 0 aliphatic carbocycles. The van der Waals surface area contributed by atoms with E-state index in [0.717, 1.165) is 12.3 Å². The molecule has 3 heteroatoms. The van der Waals surface area contributed by atoms with Gasteiger partial charge in [-0.2, -0.15) is 0 Å². The van der Waals surface area contributed by atoms with E-state index in [-0.39, 0.29) is 6.04 Å². The Morgan fingerprint density at radius 2 is 2.12 bits per heavy atom. The summed E-state index contributed by atoms with van der Waals surface area (Å²) in [5.41, 5.74) is 1.21. The van der Waals surface area contributed by atoms with E-state index in [4.69, 9.17) is 9.47 Å². The average molecular weight is 223 g/mol. The fraction of sp³-hybridized carbons (Fsp3) is 0.538. The Balaban J connectivity index is 2.41. The minimum absolute atomic E-state index is 0.246. The predicted molar refractivity (Wildman–Crippen MR) is 66.0 cm³/mol. The Bertz CT molecular complexity index is 296. The summed E-state index contributed by atoms with van der Waals surface area (Å²) >= 11 is 0. The van der Waals surface area contributed by atoms with Gasteiger partial charge < -0.3 is 14.8 Å². The first-order chi connectivity index (χ1) is 7.76. The summed E-state index contributed by atoms with van der Waals surface area (Å²) in [7, 11) is 1.71. The van der Waals surface area contributed by atoms with Crippen LogP contribution < -0.4 is 10.1 Å². The molecule has 1 atom stereocenters.